The first-order valence-corrected chi connectivity index (χ1v) is 11.5. The van der Waals surface area contributed by atoms with Gasteiger partial charge in [-0.1, -0.05) is 42.5 Å². The van der Waals surface area contributed by atoms with E-state index < -0.39 is 34.2 Å². The Labute approximate surface area is 204 Å². The molecule has 0 aromatic heterocycles. The zero-order valence-corrected chi connectivity index (χ0v) is 20.1. The molecule has 2 aromatic carbocycles. The van der Waals surface area contributed by atoms with Crippen molar-refractivity contribution in [1.29, 1.82) is 0 Å². The molecular weight excluding hydrogens is 450 g/mol. The highest BCUT2D eigenvalue weighted by Crippen LogP contribution is 2.45. The van der Waals surface area contributed by atoms with E-state index in [0.29, 0.717) is 24.2 Å². The van der Waals surface area contributed by atoms with Gasteiger partial charge in [-0.2, -0.15) is 0 Å². The van der Waals surface area contributed by atoms with E-state index in [0.717, 1.165) is 13.0 Å². The molecule has 1 aliphatic rings. The molecule has 186 valence electrons. The van der Waals surface area contributed by atoms with Crippen LogP contribution in [0, 0.1) is 16.0 Å². The van der Waals surface area contributed by atoms with Crippen molar-refractivity contribution in [3.05, 3.63) is 87.1 Å². The Morgan fingerprint density at radius 3 is 2.51 bits per heavy atom. The number of benzene rings is 2. The molecule has 3 N–H and O–H groups in total. The average molecular weight is 482 g/mol. The van der Waals surface area contributed by atoms with Gasteiger partial charge in [0.1, 0.15) is 0 Å². The van der Waals surface area contributed by atoms with Crippen LogP contribution in [0.5, 0.6) is 0 Å². The predicted molar refractivity (Wildman–Crippen MR) is 131 cm³/mol. The normalized spacial score (nSPS) is 21.8. The van der Waals surface area contributed by atoms with Gasteiger partial charge in [0.15, 0.2) is 0 Å². The van der Waals surface area contributed by atoms with Crippen molar-refractivity contribution in [2.45, 2.75) is 38.1 Å². The van der Waals surface area contributed by atoms with Gasteiger partial charge < -0.3 is 20.5 Å². The molecule has 0 spiro atoms. The fourth-order valence-electron chi connectivity index (χ4n) is 4.91. The number of carbonyl (C=O) groups excluding carboxylic acids is 1. The number of hydrogen-bond acceptors (Lipinski definition) is 7. The first kappa shape index (κ1) is 25.9. The highest BCUT2D eigenvalue weighted by molar-refractivity contribution is 5.93. The summed E-state index contributed by atoms with van der Waals surface area (Å²) in [7, 11) is 1.23. The third-order valence-corrected chi connectivity index (χ3v) is 6.57. The molecular formula is C26H31N3O6. The summed E-state index contributed by atoms with van der Waals surface area (Å²) in [6.45, 7) is 4.79. The molecule has 2 aromatic rings. The molecule has 0 saturated heterocycles. The molecule has 3 unspecified atom stereocenters. The van der Waals surface area contributed by atoms with Crippen LogP contribution in [0.1, 0.15) is 37.3 Å². The van der Waals surface area contributed by atoms with Gasteiger partial charge in [-0.25, -0.2) is 4.79 Å². The Morgan fingerprint density at radius 2 is 1.89 bits per heavy atom. The Balaban J connectivity index is 1.90. The van der Waals surface area contributed by atoms with Crippen LogP contribution < -0.4 is 10.6 Å². The number of nitrogens with one attached hydrogen (secondary N) is 2. The van der Waals surface area contributed by atoms with Crippen LogP contribution in [0.25, 0.3) is 0 Å². The lowest BCUT2D eigenvalue weighted by atomic mass is 9.66. The van der Waals surface area contributed by atoms with E-state index in [1.807, 2.05) is 25.1 Å². The molecule has 3 rings (SSSR count). The first-order chi connectivity index (χ1) is 16.7. The number of hydrogen-bond donors (Lipinski definition) is 3. The fourth-order valence-corrected chi connectivity index (χ4v) is 4.91. The monoisotopic (exact) mass is 481 g/mol. The number of esters is 1. The third-order valence-electron chi connectivity index (χ3n) is 6.57. The maximum absolute atomic E-state index is 12.7. The van der Waals surface area contributed by atoms with Crippen LogP contribution in [0.2, 0.25) is 0 Å². The largest absolute Gasteiger partial charge is 0.481 e. The quantitative estimate of drug-likeness (QED) is 0.204. The number of carbonyl (C=O) groups is 2. The number of aliphatic carboxylic acids is 1. The summed E-state index contributed by atoms with van der Waals surface area (Å²) in [6, 6.07) is 15.8. The summed E-state index contributed by atoms with van der Waals surface area (Å²) in [4.78, 5) is 36.2. The molecule has 1 heterocycles. The molecule has 9 nitrogen and oxygen atoms in total. The summed E-state index contributed by atoms with van der Waals surface area (Å²) in [6.07, 6.45) is 1.30. The SMILES string of the molecule is COC(=O)C1=C(C)NC(C)(CCNCCc2ccccc2)C(C(=O)O)C1c1cccc([N+](=O)[O-])c1. The lowest BCUT2D eigenvalue weighted by Gasteiger charge is -2.46. The van der Waals surface area contributed by atoms with Gasteiger partial charge in [-0.15, -0.1) is 0 Å². The van der Waals surface area contributed by atoms with Gasteiger partial charge in [0.25, 0.3) is 5.69 Å². The van der Waals surface area contributed by atoms with Crippen molar-refractivity contribution in [1.82, 2.24) is 10.6 Å². The van der Waals surface area contributed by atoms with Gasteiger partial charge >= 0.3 is 11.9 Å². The van der Waals surface area contributed by atoms with Crippen LogP contribution in [0.4, 0.5) is 5.69 Å². The van der Waals surface area contributed by atoms with Crippen LogP contribution in [0.15, 0.2) is 65.9 Å². The van der Waals surface area contributed by atoms with E-state index in [1.54, 1.807) is 13.0 Å². The van der Waals surface area contributed by atoms with Crippen molar-refractivity contribution in [3.63, 3.8) is 0 Å². The van der Waals surface area contributed by atoms with Crippen LogP contribution in [0.3, 0.4) is 0 Å². The lowest BCUT2D eigenvalue weighted by Crippen LogP contribution is -2.58. The number of carboxylic acids is 1. The minimum atomic E-state index is -1.10. The second kappa shape index (κ2) is 11.1. The second-order valence-electron chi connectivity index (χ2n) is 8.95. The molecule has 0 fully saturated rings. The van der Waals surface area contributed by atoms with Crippen molar-refractivity contribution in [2.24, 2.45) is 5.92 Å². The zero-order valence-electron chi connectivity index (χ0n) is 20.1. The number of ether oxygens (including phenoxy) is 1. The zero-order chi connectivity index (χ0) is 25.6. The fraction of sp³-hybridized carbons (Fsp3) is 0.385. The van der Waals surface area contributed by atoms with E-state index >= 15 is 0 Å². The summed E-state index contributed by atoms with van der Waals surface area (Å²) < 4.78 is 4.96. The Kier molecular flexibility index (Phi) is 8.24. The Hall–Kier alpha value is -3.72. The minimum absolute atomic E-state index is 0.162. The van der Waals surface area contributed by atoms with Crippen molar-refractivity contribution in [3.8, 4) is 0 Å². The Bertz CT molecular complexity index is 1120. The number of nitrogens with zero attached hydrogens (tertiary/aromatic N) is 1. The van der Waals surface area contributed by atoms with Gasteiger partial charge in [-0.3, -0.25) is 14.9 Å². The Morgan fingerprint density at radius 1 is 1.17 bits per heavy atom. The predicted octanol–water partition coefficient (Wildman–Crippen LogP) is 3.41. The molecule has 1 aliphatic heterocycles. The summed E-state index contributed by atoms with van der Waals surface area (Å²) in [5.74, 6) is -3.76. The number of allylic oxidation sites excluding steroid dienone is 1. The van der Waals surface area contributed by atoms with Crippen LogP contribution >= 0.6 is 0 Å². The van der Waals surface area contributed by atoms with Gasteiger partial charge in [0.05, 0.1) is 23.5 Å². The van der Waals surface area contributed by atoms with E-state index in [4.69, 9.17) is 4.74 Å². The topological polar surface area (TPSA) is 131 Å². The molecule has 0 bridgehead atoms. The number of nitro groups is 1. The highest BCUT2D eigenvalue weighted by atomic mass is 16.6. The van der Waals surface area contributed by atoms with Crippen molar-refractivity contribution >= 4 is 17.6 Å². The summed E-state index contributed by atoms with van der Waals surface area (Å²) >= 11 is 0. The smallest absolute Gasteiger partial charge is 0.336 e. The van der Waals surface area contributed by atoms with E-state index in [2.05, 4.69) is 22.8 Å². The number of methoxy groups -OCH3 is 1. The molecule has 0 aliphatic carbocycles. The van der Waals surface area contributed by atoms with Crippen molar-refractivity contribution < 1.29 is 24.4 Å². The molecule has 9 heteroatoms. The average Bonchev–Trinajstić information content (AvgIpc) is 2.83. The van der Waals surface area contributed by atoms with E-state index in [9.17, 15) is 24.8 Å². The van der Waals surface area contributed by atoms with Crippen molar-refractivity contribution in [2.75, 3.05) is 20.2 Å². The minimum Gasteiger partial charge on any atom is -0.481 e. The first-order valence-electron chi connectivity index (χ1n) is 11.5. The maximum atomic E-state index is 12.7. The lowest BCUT2D eigenvalue weighted by molar-refractivity contribution is -0.384. The number of non-ortho nitro benzene ring substituents is 1. The van der Waals surface area contributed by atoms with Gasteiger partial charge in [0, 0.05) is 29.3 Å². The van der Waals surface area contributed by atoms with Gasteiger partial charge in [-0.05, 0) is 50.9 Å². The standard InChI is InChI=1S/C26H31N3O6/c1-17-21(25(32)35-3)22(19-10-7-11-20(16-19)29(33)34)23(24(30)31)26(2,28-17)13-15-27-14-12-18-8-5-4-6-9-18/h4-11,16,22-23,27-28H,12-15H2,1-3H3,(H,30,31). The number of rotatable bonds is 10. The number of nitro benzene ring substituents is 1. The molecule has 35 heavy (non-hydrogen) atoms. The number of carboxylic acid groups (broad SMARTS) is 1. The van der Waals surface area contributed by atoms with E-state index in [1.165, 1.54) is 30.9 Å². The maximum Gasteiger partial charge on any atom is 0.336 e. The molecule has 0 saturated carbocycles. The van der Waals surface area contributed by atoms with E-state index in [-0.39, 0.29) is 11.3 Å². The second-order valence-corrected chi connectivity index (χ2v) is 8.95. The third kappa shape index (κ3) is 5.86. The van der Waals surface area contributed by atoms with Crippen LogP contribution in [-0.2, 0) is 20.7 Å². The molecule has 3 atom stereocenters. The summed E-state index contributed by atoms with van der Waals surface area (Å²) in [5, 5.41) is 28.3. The highest BCUT2D eigenvalue weighted by Gasteiger charge is 2.51. The summed E-state index contributed by atoms with van der Waals surface area (Å²) in [5.41, 5.74) is 1.15. The molecule has 0 amide bonds. The van der Waals surface area contributed by atoms with Crippen LogP contribution in [-0.4, -0.2) is 47.7 Å². The van der Waals surface area contributed by atoms with Gasteiger partial charge in [0.2, 0.25) is 0 Å². The molecule has 0 radical (unpaired) electrons.